The maximum Gasteiger partial charge on any atom is 0.335 e. The third-order valence-electron chi connectivity index (χ3n) is 6.25. The van der Waals surface area contributed by atoms with Crippen LogP contribution < -0.4 is 0 Å². The molecule has 0 fully saturated rings. The van der Waals surface area contributed by atoms with Gasteiger partial charge in [0.2, 0.25) is 0 Å². The zero-order valence-electron chi connectivity index (χ0n) is 27.9. The van der Waals surface area contributed by atoms with Crippen LogP contribution in [0.5, 0.6) is 0 Å². The van der Waals surface area contributed by atoms with Gasteiger partial charge in [-0.3, -0.25) is 24.0 Å². The van der Waals surface area contributed by atoms with Gasteiger partial charge in [0.1, 0.15) is 0 Å². The van der Waals surface area contributed by atoms with Crippen LogP contribution in [0, 0.1) is 20.8 Å². The van der Waals surface area contributed by atoms with Gasteiger partial charge in [-0.1, -0.05) is 0 Å². The molecule has 0 aliphatic rings. The topological polar surface area (TPSA) is 132 Å². The first kappa shape index (κ1) is 37.9. The van der Waals surface area contributed by atoms with Gasteiger partial charge in [-0.25, -0.2) is 4.79 Å². The van der Waals surface area contributed by atoms with Crippen LogP contribution in [-0.4, -0.2) is 97.3 Å². The summed E-state index contributed by atoms with van der Waals surface area (Å²) >= 11 is 0. The summed E-state index contributed by atoms with van der Waals surface area (Å²) < 4.78 is 0. The van der Waals surface area contributed by atoms with Gasteiger partial charge in [-0.05, 0) is 106 Å². The summed E-state index contributed by atoms with van der Waals surface area (Å²) in [4.78, 5) is 72.6. The fourth-order valence-corrected chi connectivity index (χ4v) is 4.02. The third kappa shape index (κ3) is 11.8. The summed E-state index contributed by atoms with van der Waals surface area (Å²) in [6.45, 7) is 8.51. The number of carboxylic acid groups (broad SMARTS) is 1. The van der Waals surface area contributed by atoms with Gasteiger partial charge in [0.15, 0.2) is 11.6 Å². The lowest BCUT2D eigenvalue weighted by Gasteiger charge is -2.11. The second kappa shape index (κ2) is 16.7. The molecule has 1 N–H and O–H groups in total. The largest absolute Gasteiger partial charge is 0.478 e. The molecular weight excluding hydrogens is 574 g/mol. The molecule has 0 bridgehead atoms. The van der Waals surface area contributed by atoms with E-state index in [1.807, 2.05) is 13.8 Å². The number of benzene rings is 3. The summed E-state index contributed by atoms with van der Waals surface area (Å²) in [5, 5.41) is 8.83. The predicted molar refractivity (Wildman–Crippen MR) is 175 cm³/mol. The average Bonchev–Trinajstić information content (AvgIpc) is 2.95. The van der Waals surface area contributed by atoms with Crippen molar-refractivity contribution >= 4 is 35.3 Å². The number of hydrogen-bond acceptors (Lipinski definition) is 6. The Morgan fingerprint density at radius 2 is 0.644 bits per heavy atom. The summed E-state index contributed by atoms with van der Waals surface area (Å²) in [5.74, 6) is -1.42. The molecule has 0 atom stereocenters. The first-order valence-corrected chi connectivity index (χ1v) is 14.0. The normalized spacial score (nSPS) is 9.84. The van der Waals surface area contributed by atoms with Crippen LogP contribution in [0.4, 0.5) is 0 Å². The minimum Gasteiger partial charge on any atom is -0.478 e. The Labute approximate surface area is 265 Å². The summed E-state index contributed by atoms with van der Waals surface area (Å²) in [7, 11) is 10.0. The highest BCUT2D eigenvalue weighted by molar-refractivity contribution is 6.01. The van der Waals surface area contributed by atoms with Crippen LogP contribution >= 0.6 is 0 Å². The molecule has 0 spiro atoms. The van der Waals surface area contributed by atoms with Gasteiger partial charge in [-0.2, -0.15) is 0 Å². The minimum absolute atomic E-state index is 0.0218. The molecule has 0 heterocycles. The quantitative estimate of drug-likeness (QED) is 0.376. The van der Waals surface area contributed by atoms with Crippen molar-refractivity contribution in [3.8, 4) is 0 Å². The molecule has 0 aromatic heterocycles. The van der Waals surface area contributed by atoms with Crippen LogP contribution in [-0.2, 0) is 0 Å². The van der Waals surface area contributed by atoms with E-state index in [1.54, 1.807) is 91.7 Å². The Bertz CT molecular complexity index is 1420. The average molecular weight is 618 g/mol. The second-order valence-corrected chi connectivity index (χ2v) is 11.3. The molecule has 0 saturated carbocycles. The molecule has 0 aliphatic heterocycles. The van der Waals surface area contributed by atoms with E-state index in [2.05, 4.69) is 0 Å². The van der Waals surface area contributed by atoms with Crippen LogP contribution in [0.15, 0.2) is 54.6 Å². The van der Waals surface area contributed by atoms with Gasteiger partial charge >= 0.3 is 5.97 Å². The maximum atomic E-state index is 11.7. The van der Waals surface area contributed by atoms with Crippen LogP contribution in [0.25, 0.3) is 0 Å². The van der Waals surface area contributed by atoms with Crippen molar-refractivity contribution in [1.29, 1.82) is 0 Å². The number of Topliss-reactive ketones (excluding diaryl/α,β-unsaturated/α-hetero) is 2. The van der Waals surface area contributed by atoms with E-state index >= 15 is 0 Å². The van der Waals surface area contributed by atoms with E-state index in [-0.39, 0.29) is 34.9 Å². The molecule has 0 saturated heterocycles. The number of carbonyl (C=O) groups is 6. The third-order valence-corrected chi connectivity index (χ3v) is 6.25. The summed E-state index contributed by atoms with van der Waals surface area (Å²) in [5.41, 5.74) is 5.44. The number of carboxylic acids is 1. The highest BCUT2D eigenvalue weighted by Gasteiger charge is 2.13. The summed E-state index contributed by atoms with van der Waals surface area (Å²) in [6.07, 6.45) is 0. The van der Waals surface area contributed by atoms with E-state index in [0.29, 0.717) is 27.8 Å². The Hall–Kier alpha value is -5.12. The molecular formula is C35H43N3O7. The van der Waals surface area contributed by atoms with E-state index < -0.39 is 5.97 Å². The number of amides is 3. The van der Waals surface area contributed by atoms with E-state index in [4.69, 9.17) is 5.11 Å². The number of nitrogens with zero attached hydrogens (tertiary/aromatic N) is 3. The standard InChI is InChI=1S/2C12H15NO2.C11H13NO3/c2*1-8-5-10(9(2)14)7-11(6-8)12(15)13(3)4;1-7-4-8(10(13)12(2)3)6-9(5-7)11(14)15/h2*5-7H,1-4H3;4-6H,1-3H3,(H,14,15). The van der Waals surface area contributed by atoms with Crippen molar-refractivity contribution in [3.05, 3.63) is 105 Å². The number of aryl methyl sites for hydroxylation is 3. The van der Waals surface area contributed by atoms with E-state index in [9.17, 15) is 28.8 Å². The van der Waals surface area contributed by atoms with Crippen molar-refractivity contribution < 1.29 is 33.9 Å². The van der Waals surface area contributed by atoms with Crippen molar-refractivity contribution in [3.63, 3.8) is 0 Å². The zero-order valence-corrected chi connectivity index (χ0v) is 27.9. The minimum atomic E-state index is -1.02. The monoisotopic (exact) mass is 617 g/mol. The molecule has 10 heteroatoms. The molecule has 0 aliphatic carbocycles. The van der Waals surface area contributed by atoms with Crippen LogP contribution in [0.2, 0.25) is 0 Å². The van der Waals surface area contributed by atoms with Gasteiger partial charge in [0, 0.05) is 70.1 Å². The van der Waals surface area contributed by atoms with Crippen LogP contribution in [0.3, 0.4) is 0 Å². The van der Waals surface area contributed by atoms with Gasteiger partial charge in [0.25, 0.3) is 17.7 Å². The fourth-order valence-electron chi connectivity index (χ4n) is 4.02. The van der Waals surface area contributed by atoms with Gasteiger partial charge in [0.05, 0.1) is 5.56 Å². The van der Waals surface area contributed by atoms with Crippen molar-refractivity contribution in [2.24, 2.45) is 0 Å². The van der Waals surface area contributed by atoms with Crippen molar-refractivity contribution in [1.82, 2.24) is 14.7 Å². The highest BCUT2D eigenvalue weighted by Crippen LogP contribution is 2.14. The van der Waals surface area contributed by atoms with Gasteiger partial charge < -0.3 is 19.8 Å². The Morgan fingerprint density at radius 3 is 0.867 bits per heavy atom. The second-order valence-electron chi connectivity index (χ2n) is 11.3. The van der Waals surface area contributed by atoms with E-state index in [0.717, 1.165) is 16.7 Å². The molecule has 3 rings (SSSR count). The lowest BCUT2D eigenvalue weighted by atomic mass is 10.0. The highest BCUT2D eigenvalue weighted by atomic mass is 16.4. The molecule has 45 heavy (non-hydrogen) atoms. The smallest absolute Gasteiger partial charge is 0.335 e. The fraction of sp³-hybridized carbons (Fsp3) is 0.314. The molecule has 3 amide bonds. The first-order chi connectivity index (χ1) is 20.7. The summed E-state index contributed by atoms with van der Waals surface area (Å²) in [6, 6.07) is 15.0. The lowest BCUT2D eigenvalue weighted by molar-refractivity contribution is 0.0695. The Morgan fingerprint density at radius 1 is 0.422 bits per heavy atom. The number of aromatic carboxylic acids is 1. The van der Waals surface area contributed by atoms with E-state index in [1.165, 1.54) is 40.7 Å². The van der Waals surface area contributed by atoms with Crippen molar-refractivity contribution in [2.75, 3.05) is 42.3 Å². The van der Waals surface area contributed by atoms with Gasteiger partial charge in [-0.15, -0.1) is 0 Å². The molecule has 3 aromatic carbocycles. The van der Waals surface area contributed by atoms with Crippen molar-refractivity contribution in [2.45, 2.75) is 34.6 Å². The number of hydrogen-bond donors (Lipinski definition) is 1. The zero-order chi connectivity index (χ0) is 34.8. The molecule has 240 valence electrons. The predicted octanol–water partition coefficient (Wildman–Crippen LogP) is 5.19. The maximum absolute atomic E-state index is 11.7. The Balaban J connectivity index is 0.000000337. The first-order valence-electron chi connectivity index (χ1n) is 14.0. The SMILES string of the molecule is CC(=O)c1cc(C)cc(C(=O)N(C)C)c1.CC(=O)c1cc(C)cc(C(=O)N(C)C)c1.Cc1cc(C(=O)O)cc(C(=O)N(C)C)c1. The van der Waals surface area contributed by atoms with Crippen LogP contribution in [0.1, 0.15) is 92.7 Å². The number of rotatable bonds is 6. The molecule has 10 nitrogen and oxygen atoms in total. The molecule has 3 aromatic rings. The molecule has 0 unspecified atom stereocenters. The lowest BCUT2D eigenvalue weighted by Crippen LogP contribution is -2.22. The molecule has 0 radical (unpaired) electrons. The number of ketones is 2. The number of carbonyl (C=O) groups excluding carboxylic acids is 5. The Kier molecular flexibility index (Phi) is 14.0.